The second-order valence-corrected chi connectivity index (χ2v) is 6.16. The summed E-state index contributed by atoms with van der Waals surface area (Å²) in [5.41, 5.74) is 0.630. The van der Waals surface area contributed by atoms with E-state index < -0.39 is 0 Å². The second-order valence-electron chi connectivity index (χ2n) is 3.87. The number of carbonyl (C=O) groups excluding carboxylic acids is 1. The first-order valence-electron chi connectivity index (χ1n) is 5.31. The first-order valence-corrected chi connectivity index (χ1v) is 7.36. The van der Waals surface area contributed by atoms with Crippen molar-refractivity contribution in [3.63, 3.8) is 0 Å². The van der Waals surface area contributed by atoms with E-state index in [0.29, 0.717) is 17.1 Å². The van der Waals surface area contributed by atoms with E-state index in [0.717, 1.165) is 4.47 Å². The molecule has 5 heteroatoms. The van der Waals surface area contributed by atoms with E-state index in [-0.39, 0.29) is 5.91 Å². The maximum atomic E-state index is 12.2. The molecule has 0 fully saturated rings. The van der Waals surface area contributed by atoms with Gasteiger partial charge in [0.05, 0.1) is 11.6 Å². The molecule has 0 saturated heterocycles. The van der Waals surface area contributed by atoms with Crippen LogP contribution in [0.3, 0.4) is 0 Å². The first-order chi connectivity index (χ1) is 8.58. The molecule has 0 unspecified atom stereocenters. The molecule has 94 valence electrons. The fourth-order valence-corrected chi connectivity index (χ4v) is 2.81. The Bertz CT molecular complexity index is 556. The van der Waals surface area contributed by atoms with Crippen LogP contribution in [-0.4, -0.2) is 17.9 Å². The summed E-state index contributed by atoms with van der Waals surface area (Å²) in [6, 6.07) is 9.21. The van der Waals surface area contributed by atoms with Crippen LogP contribution in [0.5, 0.6) is 0 Å². The fourth-order valence-electron chi connectivity index (χ4n) is 1.56. The summed E-state index contributed by atoms with van der Waals surface area (Å²) in [5.74, 6) is -0.0132. The number of hydrogen-bond acceptors (Lipinski definition) is 2. The number of rotatable bonds is 3. The van der Waals surface area contributed by atoms with Crippen LogP contribution in [0.1, 0.15) is 15.2 Å². The van der Waals surface area contributed by atoms with Crippen LogP contribution in [0.15, 0.2) is 40.2 Å². The van der Waals surface area contributed by atoms with Gasteiger partial charge in [0, 0.05) is 22.0 Å². The van der Waals surface area contributed by atoms with Crippen molar-refractivity contribution in [3.8, 4) is 0 Å². The van der Waals surface area contributed by atoms with Crippen LogP contribution in [-0.2, 0) is 6.54 Å². The average molecular weight is 345 g/mol. The van der Waals surface area contributed by atoms with Gasteiger partial charge in [0.1, 0.15) is 0 Å². The third-order valence-electron chi connectivity index (χ3n) is 2.49. The summed E-state index contributed by atoms with van der Waals surface area (Å²) in [5, 5.41) is 2.61. The lowest BCUT2D eigenvalue weighted by Gasteiger charge is -2.16. The van der Waals surface area contributed by atoms with Gasteiger partial charge in [0.2, 0.25) is 0 Å². The number of nitrogens with zero attached hydrogens (tertiary/aromatic N) is 1. The first kappa shape index (κ1) is 13.6. The van der Waals surface area contributed by atoms with Crippen molar-refractivity contribution in [2.75, 3.05) is 7.05 Å². The molecule has 1 aromatic heterocycles. The van der Waals surface area contributed by atoms with Crippen molar-refractivity contribution >= 4 is 44.8 Å². The van der Waals surface area contributed by atoms with Crippen molar-refractivity contribution in [2.45, 2.75) is 6.54 Å². The SMILES string of the molecule is CN(Cc1cccs1)C(=O)c1ccc(Cl)c(Br)c1. The van der Waals surface area contributed by atoms with Crippen molar-refractivity contribution < 1.29 is 4.79 Å². The van der Waals surface area contributed by atoms with E-state index in [1.807, 2.05) is 17.5 Å². The number of benzene rings is 1. The van der Waals surface area contributed by atoms with Gasteiger partial charge in [0.15, 0.2) is 0 Å². The maximum absolute atomic E-state index is 12.2. The van der Waals surface area contributed by atoms with Crippen LogP contribution < -0.4 is 0 Å². The van der Waals surface area contributed by atoms with E-state index in [2.05, 4.69) is 15.9 Å². The van der Waals surface area contributed by atoms with Crippen LogP contribution in [0.4, 0.5) is 0 Å². The van der Waals surface area contributed by atoms with Gasteiger partial charge >= 0.3 is 0 Å². The molecule has 0 atom stereocenters. The third kappa shape index (κ3) is 3.13. The Labute approximate surface area is 123 Å². The van der Waals surface area contributed by atoms with E-state index in [1.54, 1.807) is 41.5 Å². The Hall–Kier alpha value is -0.840. The Morgan fingerprint density at radius 3 is 2.83 bits per heavy atom. The standard InChI is InChI=1S/C13H11BrClNOS/c1-16(8-10-3-2-6-18-10)13(17)9-4-5-12(15)11(14)7-9/h2-7H,8H2,1H3. The van der Waals surface area contributed by atoms with E-state index in [1.165, 1.54) is 4.88 Å². The number of carbonyl (C=O) groups is 1. The Kier molecular flexibility index (Phi) is 4.43. The van der Waals surface area contributed by atoms with Gasteiger partial charge in [-0.1, -0.05) is 17.7 Å². The van der Waals surface area contributed by atoms with Crippen molar-refractivity contribution in [1.82, 2.24) is 4.90 Å². The number of halogens is 2. The van der Waals surface area contributed by atoms with Gasteiger partial charge in [-0.2, -0.15) is 0 Å². The molecule has 1 amide bonds. The van der Waals surface area contributed by atoms with Crippen LogP contribution in [0.25, 0.3) is 0 Å². The van der Waals surface area contributed by atoms with Gasteiger partial charge in [-0.25, -0.2) is 0 Å². The van der Waals surface area contributed by atoms with Crippen LogP contribution in [0, 0.1) is 0 Å². The molecule has 2 aromatic rings. The summed E-state index contributed by atoms with van der Waals surface area (Å²) in [4.78, 5) is 15.1. The van der Waals surface area contributed by atoms with Crippen molar-refractivity contribution in [2.24, 2.45) is 0 Å². The molecule has 0 bridgehead atoms. The van der Waals surface area contributed by atoms with Gasteiger partial charge in [-0.15, -0.1) is 11.3 Å². The lowest BCUT2D eigenvalue weighted by molar-refractivity contribution is 0.0786. The zero-order valence-electron chi connectivity index (χ0n) is 9.69. The molecule has 0 N–H and O–H groups in total. The third-order valence-corrected chi connectivity index (χ3v) is 4.56. The smallest absolute Gasteiger partial charge is 0.253 e. The molecule has 1 aromatic carbocycles. The van der Waals surface area contributed by atoms with E-state index in [9.17, 15) is 4.79 Å². The predicted molar refractivity (Wildman–Crippen MR) is 79.3 cm³/mol. The Morgan fingerprint density at radius 2 is 2.22 bits per heavy atom. The topological polar surface area (TPSA) is 20.3 Å². The van der Waals surface area contributed by atoms with E-state index in [4.69, 9.17) is 11.6 Å². The molecular weight excluding hydrogens is 334 g/mol. The molecular formula is C13H11BrClNOS. The highest BCUT2D eigenvalue weighted by molar-refractivity contribution is 9.10. The molecule has 0 radical (unpaired) electrons. The average Bonchev–Trinajstić information content (AvgIpc) is 2.84. The summed E-state index contributed by atoms with van der Waals surface area (Å²) in [6.45, 7) is 0.622. The second kappa shape index (κ2) is 5.87. The van der Waals surface area contributed by atoms with Gasteiger partial charge in [-0.3, -0.25) is 4.79 Å². The molecule has 1 heterocycles. The zero-order chi connectivity index (χ0) is 13.1. The lowest BCUT2D eigenvalue weighted by Crippen LogP contribution is -2.25. The minimum Gasteiger partial charge on any atom is -0.337 e. The normalized spacial score (nSPS) is 10.4. The molecule has 0 aliphatic rings. The maximum Gasteiger partial charge on any atom is 0.253 e. The van der Waals surface area contributed by atoms with E-state index >= 15 is 0 Å². The molecule has 2 nitrogen and oxygen atoms in total. The number of amides is 1. The van der Waals surface area contributed by atoms with Gasteiger partial charge in [-0.05, 0) is 45.6 Å². The number of thiophene rings is 1. The molecule has 0 aliphatic heterocycles. The Balaban J connectivity index is 2.12. The Morgan fingerprint density at radius 1 is 1.44 bits per heavy atom. The molecule has 18 heavy (non-hydrogen) atoms. The van der Waals surface area contributed by atoms with Crippen LogP contribution >= 0.6 is 38.9 Å². The summed E-state index contributed by atoms with van der Waals surface area (Å²) < 4.78 is 0.736. The highest BCUT2D eigenvalue weighted by Crippen LogP contribution is 2.24. The monoisotopic (exact) mass is 343 g/mol. The summed E-state index contributed by atoms with van der Waals surface area (Å²) in [7, 11) is 1.80. The highest BCUT2D eigenvalue weighted by atomic mass is 79.9. The molecule has 0 spiro atoms. The predicted octanol–water partition coefficient (Wildman–Crippen LogP) is 4.44. The minimum atomic E-state index is -0.0132. The highest BCUT2D eigenvalue weighted by Gasteiger charge is 2.13. The van der Waals surface area contributed by atoms with Gasteiger partial charge < -0.3 is 4.90 Å². The fraction of sp³-hybridized carbons (Fsp3) is 0.154. The van der Waals surface area contributed by atoms with Crippen molar-refractivity contribution in [3.05, 3.63) is 55.6 Å². The summed E-state index contributed by atoms with van der Waals surface area (Å²) >= 11 is 10.9. The quantitative estimate of drug-likeness (QED) is 0.806. The molecule has 0 aliphatic carbocycles. The van der Waals surface area contributed by atoms with Gasteiger partial charge in [0.25, 0.3) is 5.91 Å². The lowest BCUT2D eigenvalue weighted by atomic mass is 10.2. The van der Waals surface area contributed by atoms with Crippen molar-refractivity contribution in [1.29, 1.82) is 0 Å². The minimum absolute atomic E-state index is 0.0132. The number of hydrogen-bond donors (Lipinski definition) is 0. The summed E-state index contributed by atoms with van der Waals surface area (Å²) in [6.07, 6.45) is 0. The molecule has 0 saturated carbocycles. The molecule has 2 rings (SSSR count). The van der Waals surface area contributed by atoms with Crippen LogP contribution in [0.2, 0.25) is 5.02 Å². The zero-order valence-corrected chi connectivity index (χ0v) is 12.8. The largest absolute Gasteiger partial charge is 0.337 e.